The first kappa shape index (κ1) is 20.9. The first-order valence-electron chi connectivity index (χ1n) is 7.03. The van der Waals surface area contributed by atoms with Crippen LogP contribution in [0.15, 0.2) is 0 Å². The maximum atomic E-state index is 5.18. The van der Waals surface area contributed by atoms with Crippen LogP contribution in [-0.2, 0) is 67.3 Å². The Morgan fingerprint density at radius 3 is 1.11 bits per heavy atom. The molecule has 0 aliphatic heterocycles. The zero-order chi connectivity index (χ0) is 13.7. The Morgan fingerprint density at radius 1 is 0.579 bits per heavy atom. The zero-order valence-electron chi connectivity index (χ0n) is 11.7. The van der Waals surface area contributed by atoms with Gasteiger partial charge in [0.15, 0.2) is 0 Å². The van der Waals surface area contributed by atoms with Crippen LogP contribution < -0.4 is 0 Å². The summed E-state index contributed by atoms with van der Waals surface area (Å²) in [7, 11) is 0. The van der Waals surface area contributed by atoms with Gasteiger partial charge in [-0.1, -0.05) is 52.4 Å². The van der Waals surface area contributed by atoms with Crippen molar-refractivity contribution in [2.45, 2.75) is 73.4 Å². The molecule has 0 radical (unpaired) electrons. The smallest absolute Gasteiger partial charge is 0.791 e. The van der Waals surface area contributed by atoms with Crippen molar-refractivity contribution in [3.05, 3.63) is 0 Å². The third-order valence-electron chi connectivity index (χ3n) is 3.99. The Kier molecular flexibility index (Phi) is 11.7. The van der Waals surface area contributed by atoms with Crippen molar-refractivity contribution in [1.82, 2.24) is 0 Å². The Morgan fingerprint density at radius 2 is 0.895 bits per heavy atom. The van der Waals surface area contributed by atoms with Crippen LogP contribution in [0.3, 0.4) is 0 Å². The van der Waals surface area contributed by atoms with Crippen molar-refractivity contribution in [2.75, 3.05) is 0 Å². The van der Waals surface area contributed by atoms with Crippen LogP contribution in [0.2, 0.25) is 0 Å². The van der Waals surface area contributed by atoms with Crippen molar-refractivity contribution >= 4 is 50.5 Å². The maximum Gasteiger partial charge on any atom is 3.00 e. The average Bonchev–Trinajstić information content (AvgIpc) is 2.30. The molecule has 0 spiro atoms. The molecule has 0 saturated heterocycles. The van der Waals surface area contributed by atoms with Gasteiger partial charge in [0.05, 0.1) is 0 Å². The first-order valence-corrected chi connectivity index (χ1v) is 8.92. The Bertz CT molecular complexity index is 215. The van der Waals surface area contributed by atoms with Crippen LogP contribution in [0.4, 0.5) is 0 Å². The fraction of sp³-hybridized carbons (Fsp3) is 1.00. The van der Waals surface area contributed by atoms with Crippen molar-refractivity contribution in [3.63, 3.8) is 0 Å². The maximum absolute atomic E-state index is 5.18. The molecule has 5 heteroatoms. The average molecular weight is 380 g/mol. The predicted octanol–water partition coefficient (Wildman–Crippen LogP) is 3.27. The summed E-state index contributed by atoms with van der Waals surface area (Å²) >= 11 is 20.7. The van der Waals surface area contributed by atoms with Gasteiger partial charge in [-0.15, -0.1) is 0 Å². The molecule has 2 fully saturated rings. The van der Waals surface area contributed by atoms with Gasteiger partial charge in [-0.2, -0.15) is 21.0 Å². The minimum absolute atomic E-state index is 0. The van der Waals surface area contributed by atoms with Gasteiger partial charge in [-0.25, -0.2) is 0 Å². The van der Waals surface area contributed by atoms with Crippen LogP contribution in [0.1, 0.15) is 52.4 Å². The van der Waals surface area contributed by atoms with E-state index in [0.717, 1.165) is 11.8 Å². The molecule has 6 unspecified atom stereocenters. The summed E-state index contributed by atoms with van der Waals surface area (Å²) in [5.74, 6) is 1.65. The van der Waals surface area contributed by atoms with Crippen molar-refractivity contribution < 1.29 is 16.8 Å². The largest absolute Gasteiger partial charge is 3.00 e. The monoisotopic (exact) mass is 379 g/mol. The normalized spacial score (nSPS) is 42.6. The summed E-state index contributed by atoms with van der Waals surface area (Å²) < 4.78 is 0. The Hall–Kier alpha value is 1.91. The molecular formula is C14H24CoS4-. The summed E-state index contributed by atoms with van der Waals surface area (Å²) in [6, 6.07) is 0. The molecule has 0 N–H and O–H groups in total. The molecule has 0 heterocycles. The molecule has 0 amide bonds. The van der Waals surface area contributed by atoms with Crippen LogP contribution in [0, 0.1) is 11.8 Å². The van der Waals surface area contributed by atoms with Crippen LogP contribution in [0.5, 0.6) is 0 Å². The van der Waals surface area contributed by atoms with Crippen LogP contribution >= 0.6 is 0 Å². The first-order chi connectivity index (χ1) is 8.40. The van der Waals surface area contributed by atoms with E-state index < -0.39 is 0 Å². The van der Waals surface area contributed by atoms with Gasteiger partial charge in [-0.3, -0.25) is 0 Å². The second-order valence-corrected chi connectivity index (χ2v) is 8.41. The summed E-state index contributed by atoms with van der Waals surface area (Å²) in [5, 5.41) is 1.53. The van der Waals surface area contributed by atoms with Crippen LogP contribution in [0.25, 0.3) is 0 Å². The van der Waals surface area contributed by atoms with E-state index in [9.17, 15) is 0 Å². The molecule has 0 aromatic carbocycles. The second-order valence-electron chi connectivity index (χ2n) is 5.99. The summed E-state index contributed by atoms with van der Waals surface area (Å²) in [6.45, 7) is 4.53. The van der Waals surface area contributed by atoms with Crippen LogP contribution in [-0.4, -0.2) is 21.0 Å². The molecule has 114 valence electrons. The molecule has 19 heavy (non-hydrogen) atoms. The Balaban J connectivity index is 0.000000324. The van der Waals surface area contributed by atoms with Gasteiger partial charge in [0.1, 0.15) is 0 Å². The predicted molar refractivity (Wildman–Crippen MR) is 90.6 cm³/mol. The molecule has 0 bridgehead atoms. The molecule has 0 aromatic rings. The second kappa shape index (κ2) is 10.6. The fourth-order valence-corrected chi connectivity index (χ4v) is 4.03. The van der Waals surface area contributed by atoms with E-state index in [2.05, 4.69) is 13.8 Å². The third kappa shape index (κ3) is 8.20. The molecule has 2 aliphatic rings. The van der Waals surface area contributed by atoms with E-state index in [1.165, 1.54) is 38.5 Å². The molecule has 0 aromatic heterocycles. The quantitative estimate of drug-likeness (QED) is 0.592. The van der Waals surface area contributed by atoms with Crippen molar-refractivity contribution in [1.29, 1.82) is 0 Å². The van der Waals surface area contributed by atoms with Gasteiger partial charge >= 0.3 is 16.8 Å². The van der Waals surface area contributed by atoms with E-state index in [1.54, 1.807) is 0 Å². The fourth-order valence-electron chi connectivity index (χ4n) is 2.60. The molecule has 2 saturated carbocycles. The van der Waals surface area contributed by atoms with E-state index in [4.69, 9.17) is 50.5 Å². The summed E-state index contributed by atoms with van der Waals surface area (Å²) in [6.07, 6.45) is 7.27. The molecule has 6 atom stereocenters. The number of hydrogen-bond acceptors (Lipinski definition) is 4. The summed E-state index contributed by atoms with van der Waals surface area (Å²) in [5.41, 5.74) is 0. The molecule has 0 nitrogen and oxygen atoms in total. The zero-order valence-corrected chi connectivity index (χ0v) is 16.0. The minimum atomic E-state index is 0. The van der Waals surface area contributed by atoms with Gasteiger partial charge in [0.2, 0.25) is 0 Å². The van der Waals surface area contributed by atoms with Crippen molar-refractivity contribution in [2.24, 2.45) is 11.8 Å². The number of hydrogen-bond donors (Lipinski definition) is 0. The van der Waals surface area contributed by atoms with Gasteiger partial charge < -0.3 is 50.5 Å². The topological polar surface area (TPSA) is 0 Å². The van der Waals surface area contributed by atoms with E-state index in [1.807, 2.05) is 0 Å². The molecule has 2 rings (SSSR count). The van der Waals surface area contributed by atoms with E-state index in [-0.39, 0.29) is 16.8 Å². The van der Waals surface area contributed by atoms with E-state index >= 15 is 0 Å². The number of rotatable bonds is 0. The van der Waals surface area contributed by atoms with Gasteiger partial charge in [-0.05, 0) is 11.8 Å². The molecule has 2 aliphatic carbocycles. The van der Waals surface area contributed by atoms with Gasteiger partial charge in [0, 0.05) is 0 Å². The SMILES string of the molecule is CC1CCC([S-])C([S-])C1.CC1CCC([S-])C([S-])C1.[Co+3]. The van der Waals surface area contributed by atoms with Crippen molar-refractivity contribution in [3.8, 4) is 0 Å². The summed E-state index contributed by atoms with van der Waals surface area (Å²) in [4.78, 5) is 0. The van der Waals surface area contributed by atoms with E-state index in [0.29, 0.717) is 21.0 Å². The third-order valence-corrected chi connectivity index (χ3v) is 6.50. The Labute approximate surface area is 151 Å². The molecular weight excluding hydrogens is 355 g/mol. The van der Waals surface area contributed by atoms with Gasteiger partial charge in [0.25, 0.3) is 0 Å². The minimum Gasteiger partial charge on any atom is -0.791 e. The standard InChI is InChI=1S/2C7H14S2.Co/c2*1-5-2-3-6(8)7(9)4-5;/h2*5-9H,2-4H2,1H3;/q;;+3/p-4.